The average Bonchev–Trinajstić information content (AvgIpc) is 2.61. The molecular weight excluding hydrogens is 394 g/mol. The van der Waals surface area contributed by atoms with Gasteiger partial charge in [0.15, 0.2) is 0 Å². The van der Waals surface area contributed by atoms with Crippen LogP contribution < -0.4 is 10.5 Å². The lowest BCUT2D eigenvalue weighted by Gasteiger charge is -2.21. The van der Waals surface area contributed by atoms with Gasteiger partial charge in [-0.25, -0.2) is 0 Å². The van der Waals surface area contributed by atoms with Gasteiger partial charge in [0.25, 0.3) is 0 Å². The van der Waals surface area contributed by atoms with Crippen molar-refractivity contribution in [3.05, 3.63) is 63.1 Å². The molecule has 2 rings (SSSR count). The van der Waals surface area contributed by atoms with Crippen LogP contribution in [0.5, 0.6) is 5.75 Å². The summed E-state index contributed by atoms with van der Waals surface area (Å²) in [5.74, 6) is 0.0668. The molecule has 0 heterocycles. The Morgan fingerprint density at radius 3 is 2.58 bits per heavy atom. The van der Waals surface area contributed by atoms with E-state index in [-0.39, 0.29) is 24.9 Å². The molecular formula is C18H19BrClNO3. The van der Waals surface area contributed by atoms with Crippen molar-refractivity contribution in [2.75, 3.05) is 13.7 Å². The molecule has 24 heavy (non-hydrogen) atoms. The van der Waals surface area contributed by atoms with Gasteiger partial charge in [-0.15, -0.1) is 0 Å². The van der Waals surface area contributed by atoms with E-state index in [0.717, 1.165) is 11.1 Å². The summed E-state index contributed by atoms with van der Waals surface area (Å²) in [4.78, 5) is 11.7. The van der Waals surface area contributed by atoms with Crippen LogP contribution in [0.2, 0.25) is 5.02 Å². The summed E-state index contributed by atoms with van der Waals surface area (Å²) in [6.07, 6.45) is 0.160. The number of benzene rings is 2. The van der Waals surface area contributed by atoms with Gasteiger partial charge in [-0.05, 0) is 40.2 Å². The highest BCUT2D eigenvalue weighted by Gasteiger charge is 2.23. The molecule has 0 aliphatic rings. The third-order valence-corrected chi connectivity index (χ3v) is 5.06. The molecule has 0 fully saturated rings. The van der Waals surface area contributed by atoms with Crippen LogP contribution in [-0.4, -0.2) is 19.6 Å². The van der Waals surface area contributed by atoms with Crippen molar-refractivity contribution in [2.45, 2.75) is 18.9 Å². The quantitative estimate of drug-likeness (QED) is 0.689. The van der Waals surface area contributed by atoms with Gasteiger partial charge in [-0.2, -0.15) is 0 Å². The molecule has 0 aliphatic carbocycles. The molecule has 0 bridgehead atoms. The van der Waals surface area contributed by atoms with E-state index in [1.165, 1.54) is 7.11 Å². The molecule has 0 saturated carbocycles. The summed E-state index contributed by atoms with van der Waals surface area (Å²) in [5.41, 5.74) is 7.71. The fourth-order valence-corrected chi connectivity index (χ4v) is 3.19. The van der Waals surface area contributed by atoms with E-state index in [1.807, 2.05) is 30.3 Å². The lowest BCUT2D eigenvalue weighted by atomic mass is 9.95. The summed E-state index contributed by atoms with van der Waals surface area (Å²) >= 11 is 9.71. The number of carbonyl (C=O) groups is 1. The second-order valence-electron chi connectivity index (χ2n) is 5.26. The summed E-state index contributed by atoms with van der Waals surface area (Å²) in [5, 5.41) is 0.542. The highest BCUT2D eigenvalue weighted by molar-refractivity contribution is 9.10. The molecule has 4 nitrogen and oxygen atoms in total. The van der Waals surface area contributed by atoms with Gasteiger partial charge in [0, 0.05) is 16.0 Å². The monoisotopic (exact) mass is 411 g/mol. The number of hydrogen-bond acceptors (Lipinski definition) is 4. The first-order valence-corrected chi connectivity index (χ1v) is 8.65. The van der Waals surface area contributed by atoms with Gasteiger partial charge in [0.1, 0.15) is 12.4 Å². The third-order valence-electron chi connectivity index (χ3n) is 3.66. The van der Waals surface area contributed by atoms with Crippen molar-refractivity contribution in [3.63, 3.8) is 0 Å². The van der Waals surface area contributed by atoms with Gasteiger partial charge in [0.2, 0.25) is 0 Å². The summed E-state index contributed by atoms with van der Waals surface area (Å²) in [7, 11) is 1.36. The van der Waals surface area contributed by atoms with Crippen LogP contribution >= 0.6 is 27.5 Å². The first kappa shape index (κ1) is 18.8. The first-order valence-electron chi connectivity index (χ1n) is 7.48. The Morgan fingerprint density at radius 1 is 1.25 bits per heavy atom. The summed E-state index contributed by atoms with van der Waals surface area (Å²) < 4.78 is 11.4. The molecule has 2 aromatic rings. The van der Waals surface area contributed by atoms with Crippen molar-refractivity contribution in [1.29, 1.82) is 0 Å². The maximum atomic E-state index is 11.7. The van der Waals surface area contributed by atoms with E-state index in [9.17, 15) is 4.79 Å². The highest BCUT2D eigenvalue weighted by Crippen LogP contribution is 2.39. The number of carbonyl (C=O) groups excluding carboxylic acids is 1. The molecule has 1 atom stereocenters. The van der Waals surface area contributed by atoms with Crippen LogP contribution in [0, 0.1) is 0 Å². The topological polar surface area (TPSA) is 61.5 Å². The number of methoxy groups -OCH3 is 1. The first-order chi connectivity index (χ1) is 11.6. The predicted octanol–water partition coefficient (Wildman–Crippen LogP) is 4.29. The summed E-state index contributed by atoms with van der Waals surface area (Å²) in [6, 6.07) is 13.4. The van der Waals surface area contributed by atoms with Crippen LogP contribution in [0.1, 0.15) is 23.5 Å². The molecule has 2 N–H and O–H groups in total. The van der Waals surface area contributed by atoms with Crippen molar-refractivity contribution in [2.24, 2.45) is 5.73 Å². The Morgan fingerprint density at radius 2 is 1.96 bits per heavy atom. The maximum Gasteiger partial charge on any atom is 0.306 e. The zero-order chi connectivity index (χ0) is 17.5. The number of ether oxygens (including phenoxy) is 2. The van der Waals surface area contributed by atoms with Crippen molar-refractivity contribution in [3.8, 4) is 5.75 Å². The van der Waals surface area contributed by atoms with Gasteiger partial charge >= 0.3 is 5.97 Å². The van der Waals surface area contributed by atoms with Crippen LogP contribution in [0.15, 0.2) is 46.9 Å². The fourth-order valence-electron chi connectivity index (χ4n) is 2.38. The van der Waals surface area contributed by atoms with Crippen molar-refractivity contribution in [1.82, 2.24) is 0 Å². The van der Waals surface area contributed by atoms with Gasteiger partial charge < -0.3 is 15.2 Å². The minimum atomic E-state index is -0.327. The van der Waals surface area contributed by atoms with Crippen LogP contribution in [0.25, 0.3) is 0 Å². The van der Waals surface area contributed by atoms with Crippen molar-refractivity contribution < 1.29 is 14.3 Å². The molecule has 0 spiro atoms. The largest absolute Gasteiger partial charge is 0.489 e. The van der Waals surface area contributed by atoms with E-state index in [2.05, 4.69) is 15.9 Å². The zero-order valence-corrected chi connectivity index (χ0v) is 15.6. The molecule has 0 aromatic heterocycles. The Kier molecular flexibility index (Phi) is 7.09. The Balaban J connectivity index is 2.30. The molecule has 2 aromatic carbocycles. The molecule has 6 heteroatoms. The van der Waals surface area contributed by atoms with Crippen LogP contribution in [-0.2, 0) is 16.1 Å². The van der Waals surface area contributed by atoms with E-state index >= 15 is 0 Å². The van der Waals surface area contributed by atoms with Crippen molar-refractivity contribution >= 4 is 33.5 Å². The van der Waals surface area contributed by atoms with E-state index in [4.69, 9.17) is 26.8 Å². The Bertz CT molecular complexity index is 694. The molecule has 0 amide bonds. The minimum Gasteiger partial charge on any atom is -0.489 e. The van der Waals surface area contributed by atoms with Gasteiger partial charge in [0.05, 0.1) is 18.6 Å². The number of esters is 1. The van der Waals surface area contributed by atoms with Gasteiger partial charge in [-0.3, -0.25) is 4.79 Å². The average molecular weight is 413 g/mol. The van der Waals surface area contributed by atoms with Crippen LogP contribution in [0.3, 0.4) is 0 Å². The predicted molar refractivity (Wildman–Crippen MR) is 98.4 cm³/mol. The van der Waals surface area contributed by atoms with E-state index < -0.39 is 0 Å². The van der Waals surface area contributed by atoms with E-state index in [0.29, 0.717) is 21.9 Å². The number of hydrogen-bond donors (Lipinski definition) is 1. The number of halogens is 2. The Labute approximate surface area is 155 Å². The standard InChI is InChI=1S/C18H19BrClNO3/c1-23-16(22)9-13(10-21)17-15(8-7-14(20)18(17)19)24-11-12-5-3-2-4-6-12/h2-8,13H,9-11,21H2,1H3. The van der Waals surface area contributed by atoms with Gasteiger partial charge in [-0.1, -0.05) is 41.9 Å². The Hall–Kier alpha value is -1.56. The smallest absolute Gasteiger partial charge is 0.306 e. The van der Waals surface area contributed by atoms with E-state index in [1.54, 1.807) is 12.1 Å². The molecule has 0 radical (unpaired) electrons. The number of rotatable bonds is 7. The molecule has 0 aliphatic heterocycles. The van der Waals surface area contributed by atoms with Crippen LogP contribution in [0.4, 0.5) is 0 Å². The zero-order valence-electron chi connectivity index (χ0n) is 13.3. The highest BCUT2D eigenvalue weighted by atomic mass is 79.9. The summed E-state index contributed by atoms with van der Waals surface area (Å²) in [6.45, 7) is 0.688. The molecule has 1 unspecified atom stereocenters. The second-order valence-corrected chi connectivity index (χ2v) is 6.46. The second kappa shape index (κ2) is 9.06. The fraction of sp³-hybridized carbons (Fsp3) is 0.278. The maximum absolute atomic E-state index is 11.7. The SMILES string of the molecule is COC(=O)CC(CN)c1c(OCc2ccccc2)ccc(Cl)c1Br. The molecule has 0 saturated heterocycles. The molecule has 128 valence electrons. The third kappa shape index (κ3) is 4.72. The lowest BCUT2D eigenvalue weighted by Crippen LogP contribution is -2.19. The normalized spacial score (nSPS) is 11.8. The number of nitrogens with two attached hydrogens (primary N) is 1. The minimum absolute atomic E-state index is 0.160. The lowest BCUT2D eigenvalue weighted by molar-refractivity contribution is -0.141.